The lowest BCUT2D eigenvalue weighted by Crippen LogP contribution is -2.21. The zero-order chi connectivity index (χ0) is 21.9. The summed E-state index contributed by atoms with van der Waals surface area (Å²) < 4.78 is 20.4. The van der Waals surface area contributed by atoms with Gasteiger partial charge in [0, 0.05) is 17.0 Å². The van der Waals surface area contributed by atoms with E-state index in [0.29, 0.717) is 22.8 Å². The molecular weight excluding hydrogens is 385 g/mol. The lowest BCUT2D eigenvalue weighted by Gasteiger charge is -2.14. The fourth-order valence-corrected chi connectivity index (χ4v) is 2.73. The third-order valence-electron chi connectivity index (χ3n) is 4.45. The number of aromatic nitrogens is 2. The Morgan fingerprint density at radius 3 is 2.27 bits per heavy atom. The molecule has 30 heavy (non-hydrogen) atoms. The summed E-state index contributed by atoms with van der Waals surface area (Å²) in [6, 6.07) is 14.2. The summed E-state index contributed by atoms with van der Waals surface area (Å²) in [5, 5.41) is 7.39. The summed E-state index contributed by atoms with van der Waals surface area (Å²) in [5.41, 5.74) is 1.75. The molecule has 1 heterocycles. The highest BCUT2D eigenvalue weighted by molar-refractivity contribution is 5.94. The van der Waals surface area contributed by atoms with Gasteiger partial charge in [0.05, 0.1) is 11.4 Å². The molecule has 0 saturated carbocycles. The van der Waals surface area contributed by atoms with Crippen LogP contribution in [-0.4, -0.2) is 28.1 Å². The quantitative estimate of drug-likeness (QED) is 0.607. The summed E-state index contributed by atoms with van der Waals surface area (Å²) >= 11 is 0. The van der Waals surface area contributed by atoms with Crippen LogP contribution < -0.4 is 10.1 Å². The molecule has 3 aromatic rings. The number of carbonyl (C=O) groups excluding carboxylic acids is 2. The minimum atomic E-state index is -0.366. The summed E-state index contributed by atoms with van der Waals surface area (Å²) in [5.74, 6) is 0.193. The number of hydrogen-bond donors (Lipinski definition) is 1. The summed E-state index contributed by atoms with van der Waals surface area (Å²) in [4.78, 5) is 23.8. The predicted octanol–water partition coefficient (Wildman–Crippen LogP) is 4.53. The number of benzene rings is 2. The van der Waals surface area contributed by atoms with Crippen LogP contribution >= 0.6 is 0 Å². The maximum atomic E-state index is 13.3. The molecule has 0 aliphatic rings. The maximum Gasteiger partial charge on any atom is 0.263 e. The molecule has 0 atom stereocenters. The van der Waals surface area contributed by atoms with Crippen molar-refractivity contribution >= 4 is 17.5 Å². The van der Waals surface area contributed by atoms with E-state index in [1.807, 2.05) is 20.8 Å². The second-order valence-electron chi connectivity index (χ2n) is 7.97. The molecule has 0 aliphatic heterocycles. The van der Waals surface area contributed by atoms with Crippen molar-refractivity contribution in [1.82, 2.24) is 9.78 Å². The van der Waals surface area contributed by atoms with Gasteiger partial charge >= 0.3 is 0 Å². The number of rotatable bonds is 6. The summed E-state index contributed by atoms with van der Waals surface area (Å²) in [6.07, 6.45) is 0. The third kappa shape index (κ3) is 5.11. The standard InChI is InChI=1S/C23H24FN3O3/c1-15(28)16-5-11-19(12-6-16)30-14-22(29)25-21-13-20(23(2,3)4)26-27(21)18-9-7-17(24)8-10-18/h5-13H,14H2,1-4H3,(H,25,29). The Kier molecular flexibility index (Phi) is 6.01. The van der Waals surface area contributed by atoms with Gasteiger partial charge in [0.2, 0.25) is 0 Å². The van der Waals surface area contributed by atoms with Crippen LogP contribution in [0.4, 0.5) is 10.2 Å². The molecule has 0 radical (unpaired) electrons. The van der Waals surface area contributed by atoms with E-state index in [2.05, 4.69) is 10.4 Å². The van der Waals surface area contributed by atoms with Crippen molar-refractivity contribution in [2.45, 2.75) is 33.1 Å². The van der Waals surface area contributed by atoms with Gasteiger partial charge in [0.25, 0.3) is 5.91 Å². The smallest absolute Gasteiger partial charge is 0.263 e. The van der Waals surface area contributed by atoms with Crippen molar-refractivity contribution in [3.63, 3.8) is 0 Å². The van der Waals surface area contributed by atoms with Crippen molar-refractivity contribution in [1.29, 1.82) is 0 Å². The number of ether oxygens (including phenoxy) is 1. The number of nitrogens with zero attached hydrogens (tertiary/aromatic N) is 2. The van der Waals surface area contributed by atoms with E-state index in [4.69, 9.17) is 4.74 Å². The van der Waals surface area contributed by atoms with Gasteiger partial charge in [-0.25, -0.2) is 9.07 Å². The van der Waals surface area contributed by atoms with Crippen molar-refractivity contribution in [2.24, 2.45) is 0 Å². The molecule has 0 saturated heterocycles. The number of hydrogen-bond acceptors (Lipinski definition) is 4. The van der Waals surface area contributed by atoms with E-state index in [-0.39, 0.29) is 29.5 Å². The molecule has 0 aliphatic carbocycles. The summed E-state index contributed by atoms with van der Waals surface area (Å²) in [6.45, 7) is 7.33. The van der Waals surface area contributed by atoms with Gasteiger partial charge in [-0.1, -0.05) is 20.8 Å². The van der Waals surface area contributed by atoms with E-state index in [9.17, 15) is 14.0 Å². The highest BCUT2D eigenvalue weighted by Crippen LogP contribution is 2.26. The van der Waals surface area contributed by atoms with Gasteiger partial charge in [0.15, 0.2) is 12.4 Å². The number of halogens is 1. The van der Waals surface area contributed by atoms with Crippen LogP contribution in [-0.2, 0) is 10.2 Å². The topological polar surface area (TPSA) is 73.2 Å². The SMILES string of the molecule is CC(=O)c1ccc(OCC(=O)Nc2cc(C(C)(C)C)nn2-c2ccc(F)cc2)cc1. The van der Waals surface area contributed by atoms with E-state index in [0.717, 1.165) is 5.69 Å². The molecule has 0 bridgehead atoms. The van der Waals surface area contributed by atoms with Crippen molar-refractivity contribution in [3.8, 4) is 11.4 Å². The second kappa shape index (κ2) is 8.49. The minimum Gasteiger partial charge on any atom is -0.484 e. The number of carbonyl (C=O) groups is 2. The molecule has 1 N–H and O–H groups in total. The predicted molar refractivity (Wildman–Crippen MR) is 113 cm³/mol. The average Bonchev–Trinajstić information content (AvgIpc) is 3.11. The van der Waals surface area contributed by atoms with Crippen LogP contribution in [0.2, 0.25) is 0 Å². The van der Waals surface area contributed by atoms with Crippen LogP contribution in [0.3, 0.4) is 0 Å². The highest BCUT2D eigenvalue weighted by atomic mass is 19.1. The molecular formula is C23H24FN3O3. The zero-order valence-electron chi connectivity index (χ0n) is 17.4. The Hall–Kier alpha value is -3.48. The van der Waals surface area contributed by atoms with Crippen LogP contribution in [0.1, 0.15) is 43.7 Å². The minimum absolute atomic E-state index is 0.0389. The number of amides is 1. The Morgan fingerprint density at radius 1 is 1.07 bits per heavy atom. The Morgan fingerprint density at radius 2 is 1.70 bits per heavy atom. The van der Waals surface area contributed by atoms with E-state index in [1.54, 1.807) is 47.1 Å². The van der Waals surface area contributed by atoms with Gasteiger partial charge in [0.1, 0.15) is 17.4 Å². The Bertz CT molecular complexity index is 1050. The molecule has 0 unspecified atom stereocenters. The van der Waals surface area contributed by atoms with Crippen LogP contribution in [0.15, 0.2) is 54.6 Å². The fourth-order valence-electron chi connectivity index (χ4n) is 2.73. The van der Waals surface area contributed by atoms with Crippen molar-refractivity contribution < 1.29 is 18.7 Å². The molecule has 156 valence electrons. The maximum absolute atomic E-state index is 13.3. The lowest BCUT2D eigenvalue weighted by molar-refractivity contribution is -0.118. The molecule has 2 aromatic carbocycles. The molecule has 1 aromatic heterocycles. The zero-order valence-corrected chi connectivity index (χ0v) is 17.4. The number of Topliss-reactive ketones (excluding diaryl/α,β-unsaturated/α-hetero) is 1. The van der Waals surface area contributed by atoms with Crippen molar-refractivity contribution in [2.75, 3.05) is 11.9 Å². The average molecular weight is 409 g/mol. The number of anilines is 1. The fraction of sp³-hybridized carbons (Fsp3) is 0.261. The highest BCUT2D eigenvalue weighted by Gasteiger charge is 2.21. The Labute approximate surface area is 174 Å². The van der Waals surface area contributed by atoms with Gasteiger partial charge in [-0.2, -0.15) is 5.10 Å². The van der Waals surface area contributed by atoms with Gasteiger partial charge in [-0.05, 0) is 55.5 Å². The first kappa shape index (κ1) is 21.2. The summed E-state index contributed by atoms with van der Waals surface area (Å²) in [7, 11) is 0. The van der Waals surface area contributed by atoms with Crippen LogP contribution in [0.25, 0.3) is 5.69 Å². The van der Waals surface area contributed by atoms with E-state index < -0.39 is 0 Å². The number of nitrogens with one attached hydrogen (secondary N) is 1. The van der Waals surface area contributed by atoms with E-state index >= 15 is 0 Å². The van der Waals surface area contributed by atoms with Gasteiger partial charge in [-0.3, -0.25) is 9.59 Å². The van der Waals surface area contributed by atoms with Crippen molar-refractivity contribution in [3.05, 3.63) is 71.7 Å². The largest absolute Gasteiger partial charge is 0.484 e. The molecule has 7 heteroatoms. The van der Waals surface area contributed by atoms with Crippen LogP contribution in [0.5, 0.6) is 5.75 Å². The molecule has 0 spiro atoms. The monoisotopic (exact) mass is 409 g/mol. The van der Waals surface area contributed by atoms with Gasteiger partial charge in [-0.15, -0.1) is 0 Å². The molecule has 1 amide bonds. The first-order valence-electron chi connectivity index (χ1n) is 9.53. The molecule has 0 fully saturated rings. The first-order chi connectivity index (χ1) is 14.1. The Balaban J connectivity index is 1.75. The van der Waals surface area contributed by atoms with Crippen LogP contribution in [0, 0.1) is 5.82 Å². The second-order valence-corrected chi connectivity index (χ2v) is 7.97. The normalized spacial score (nSPS) is 11.2. The number of ketones is 1. The molecule has 6 nitrogen and oxygen atoms in total. The lowest BCUT2D eigenvalue weighted by atomic mass is 9.92. The third-order valence-corrected chi connectivity index (χ3v) is 4.45. The first-order valence-corrected chi connectivity index (χ1v) is 9.53. The van der Waals surface area contributed by atoms with Gasteiger partial charge < -0.3 is 10.1 Å². The van der Waals surface area contributed by atoms with E-state index in [1.165, 1.54) is 19.1 Å². The molecule has 3 rings (SSSR count).